The maximum absolute atomic E-state index is 13.3. The molecule has 0 atom stereocenters. The predicted octanol–water partition coefficient (Wildman–Crippen LogP) is 3.44. The lowest BCUT2D eigenvalue weighted by Crippen LogP contribution is -2.08. The van der Waals surface area contributed by atoms with Crippen molar-refractivity contribution in [1.82, 2.24) is 0 Å². The molecule has 0 heterocycles. The lowest BCUT2D eigenvalue weighted by atomic mass is 10.2. The number of thioether (sulfide) groups is 1. The molecular weight excluding hydrogens is 197 g/mol. The van der Waals surface area contributed by atoms with Crippen LogP contribution in [0.2, 0.25) is 0 Å². The van der Waals surface area contributed by atoms with Gasteiger partial charge >= 0.3 is 0 Å². The molecule has 3 heteroatoms. The van der Waals surface area contributed by atoms with Gasteiger partial charge in [-0.1, -0.05) is 26.8 Å². The molecule has 0 fully saturated rings. The Bertz CT molecular complexity index is 297. The number of hydrogen-bond acceptors (Lipinski definition) is 2. The maximum Gasteiger partial charge on any atom is 0.129 e. The predicted molar refractivity (Wildman–Crippen MR) is 61.9 cm³/mol. The highest BCUT2D eigenvalue weighted by atomic mass is 32.2. The molecule has 1 nitrogen and oxygen atoms in total. The minimum atomic E-state index is -0.207. The monoisotopic (exact) mass is 213 g/mol. The molecule has 0 spiro atoms. The van der Waals surface area contributed by atoms with Gasteiger partial charge in [-0.15, -0.1) is 0 Å². The molecular formula is C11H16FNS. The molecule has 0 saturated heterocycles. The van der Waals surface area contributed by atoms with Crippen LogP contribution in [0, 0.1) is 5.82 Å². The number of nitrogens with two attached hydrogens (primary N) is 1. The highest BCUT2D eigenvalue weighted by Crippen LogP contribution is 2.30. The Hall–Kier alpha value is -0.700. The van der Waals surface area contributed by atoms with Crippen molar-refractivity contribution < 1.29 is 4.39 Å². The maximum atomic E-state index is 13.3. The molecule has 0 aliphatic heterocycles. The molecule has 0 unspecified atom stereocenters. The van der Waals surface area contributed by atoms with Gasteiger partial charge in [-0.3, -0.25) is 0 Å². The standard InChI is InChI=1S/C11H16FNS/c1-11(2,3)14-7-8-9(12)5-4-6-10(8)13/h4-6H,7,13H2,1-3H3. The third-order valence-electron chi connectivity index (χ3n) is 1.80. The van der Waals surface area contributed by atoms with E-state index in [0.717, 1.165) is 0 Å². The Labute approximate surface area is 88.9 Å². The van der Waals surface area contributed by atoms with Gasteiger partial charge in [-0.05, 0) is 12.1 Å². The van der Waals surface area contributed by atoms with E-state index in [2.05, 4.69) is 20.8 Å². The molecule has 0 amide bonds. The van der Waals surface area contributed by atoms with Crippen LogP contribution in [0.3, 0.4) is 0 Å². The summed E-state index contributed by atoms with van der Waals surface area (Å²) in [5, 5.41) is 0. The Kier molecular flexibility index (Phi) is 3.43. The molecule has 0 saturated carbocycles. The largest absolute Gasteiger partial charge is 0.398 e. The number of rotatable bonds is 2. The van der Waals surface area contributed by atoms with Crippen molar-refractivity contribution in [3.8, 4) is 0 Å². The van der Waals surface area contributed by atoms with Gasteiger partial charge in [0.15, 0.2) is 0 Å². The normalized spacial score (nSPS) is 11.7. The van der Waals surface area contributed by atoms with Crippen molar-refractivity contribution in [1.29, 1.82) is 0 Å². The van der Waals surface area contributed by atoms with Crippen LogP contribution in [0.25, 0.3) is 0 Å². The second-order valence-electron chi connectivity index (χ2n) is 4.21. The minimum absolute atomic E-state index is 0.134. The summed E-state index contributed by atoms with van der Waals surface area (Å²) in [7, 11) is 0. The molecule has 0 aromatic heterocycles. The van der Waals surface area contributed by atoms with Gasteiger partial charge in [0, 0.05) is 21.8 Å². The molecule has 0 aliphatic carbocycles. The summed E-state index contributed by atoms with van der Waals surface area (Å²) in [5.41, 5.74) is 6.86. The van der Waals surface area contributed by atoms with Crippen molar-refractivity contribution >= 4 is 17.4 Å². The lowest BCUT2D eigenvalue weighted by molar-refractivity contribution is 0.618. The average molecular weight is 213 g/mol. The fourth-order valence-corrected chi connectivity index (χ4v) is 1.90. The number of nitrogen functional groups attached to an aromatic ring is 1. The summed E-state index contributed by atoms with van der Waals surface area (Å²) in [6, 6.07) is 4.83. The van der Waals surface area contributed by atoms with Crippen LogP contribution in [0.5, 0.6) is 0 Å². The van der Waals surface area contributed by atoms with Crippen molar-refractivity contribution in [3.63, 3.8) is 0 Å². The summed E-state index contributed by atoms with van der Waals surface area (Å²) in [4.78, 5) is 0. The zero-order valence-electron chi connectivity index (χ0n) is 8.80. The third kappa shape index (κ3) is 3.22. The Balaban J connectivity index is 2.77. The van der Waals surface area contributed by atoms with E-state index in [4.69, 9.17) is 5.73 Å². The minimum Gasteiger partial charge on any atom is -0.398 e. The van der Waals surface area contributed by atoms with Gasteiger partial charge in [0.2, 0.25) is 0 Å². The molecule has 0 radical (unpaired) electrons. The average Bonchev–Trinajstić information content (AvgIpc) is 2.01. The van der Waals surface area contributed by atoms with Gasteiger partial charge in [0.1, 0.15) is 5.82 Å². The Morgan fingerprint density at radius 2 is 2.00 bits per heavy atom. The fraction of sp³-hybridized carbons (Fsp3) is 0.455. The summed E-state index contributed by atoms with van der Waals surface area (Å²) >= 11 is 1.69. The smallest absolute Gasteiger partial charge is 0.129 e. The first-order valence-electron chi connectivity index (χ1n) is 4.57. The Morgan fingerprint density at radius 1 is 1.36 bits per heavy atom. The van der Waals surface area contributed by atoms with Crippen LogP contribution in [0.1, 0.15) is 26.3 Å². The quantitative estimate of drug-likeness (QED) is 0.762. The van der Waals surface area contributed by atoms with E-state index in [1.165, 1.54) is 6.07 Å². The fourth-order valence-electron chi connectivity index (χ4n) is 1.02. The van der Waals surface area contributed by atoms with E-state index in [9.17, 15) is 4.39 Å². The van der Waals surface area contributed by atoms with Crippen LogP contribution in [0.4, 0.5) is 10.1 Å². The first-order chi connectivity index (χ1) is 6.40. The zero-order chi connectivity index (χ0) is 10.8. The van der Waals surface area contributed by atoms with E-state index >= 15 is 0 Å². The first-order valence-corrected chi connectivity index (χ1v) is 5.55. The highest BCUT2D eigenvalue weighted by Gasteiger charge is 2.13. The number of halogens is 1. The van der Waals surface area contributed by atoms with Crippen LogP contribution in [-0.4, -0.2) is 4.75 Å². The second-order valence-corrected chi connectivity index (χ2v) is 6.01. The number of hydrogen-bond donors (Lipinski definition) is 1. The molecule has 1 aromatic carbocycles. The zero-order valence-corrected chi connectivity index (χ0v) is 9.62. The molecule has 0 bridgehead atoms. The summed E-state index contributed by atoms with van der Waals surface area (Å²) in [6.07, 6.45) is 0. The van der Waals surface area contributed by atoms with E-state index in [0.29, 0.717) is 17.0 Å². The SMILES string of the molecule is CC(C)(C)SCc1c(N)cccc1F. The van der Waals surface area contributed by atoms with Gasteiger partial charge < -0.3 is 5.73 Å². The molecule has 1 aromatic rings. The van der Waals surface area contributed by atoms with Crippen molar-refractivity contribution in [2.45, 2.75) is 31.3 Å². The van der Waals surface area contributed by atoms with Crippen molar-refractivity contribution in [2.24, 2.45) is 0 Å². The van der Waals surface area contributed by atoms with Crippen molar-refractivity contribution in [3.05, 3.63) is 29.6 Å². The molecule has 0 aliphatic rings. The lowest BCUT2D eigenvalue weighted by Gasteiger charge is -2.18. The third-order valence-corrected chi connectivity index (χ3v) is 3.10. The second kappa shape index (κ2) is 4.22. The van der Waals surface area contributed by atoms with Crippen LogP contribution in [0.15, 0.2) is 18.2 Å². The van der Waals surface area contributed by atoms with E-state index < -0.39 is 0 Å². The van der Waals surface area contributed by atoms with E-state index in [-0.39, 0.29) is 10.6 Å². The number of anilines is 1. The van der Waals surface area contributed by atoms with Crippen LogP contribution >= 0.6 is 11.8 Å². The summed E-state index contributed by atoms with van der Waals surface area (Å²) in [5.74, 6) is 0.420. The van der Waals surface area contributed by atoms with Crippen LogP contribution < -0.4 is 5.73 Å². The first kappa shape index (κ1) is 11.4. The van der Waals surface area contributed by atoms with Crippen molar-refractivity contribution in [2.75, 3.05) is 5.73 Å². The van der Waals surface area contributed by atoms with Crippen LogP contribution in [-0.2, 0) is 5.75 Å². The van der Waals surface area contributed by atoms with E-state index in [1.54, 1.807) is 23.9 Å². The summed E-state index contributed by atoms with van der Waals surface area (Å²) in [6.45, 7) is 6.32. The van der Waals surface area contributed by atoms with Gasteiger partial charge in [0.25, 0.3) is 0 Å². The Morgan fingerprint density at radius 3 is 2.50 bits per heavy atom. The van der Waals surface area contributed by atoms with Gasteiger partial charge in [-0.2, -0.15) is 11.8 Å². The number of benzene rings is 1. The molecule has 2 N–H and O–H groups in total. The van der Waals surface area contributed by atoms with Gasteiger partial charge in [0.05, 0.1) is 0 Å². The topological polar surface area (TPSA) is 26.0 Å². The van der Waals surface area contributed by atoms with Gasteiger partial charge in [-0.25, -0.2) is 4.39 Å². The van der Waals surface area contributed by atoms with E-state index in [1.807, 2.05) is 0 Å². The summed E-state index contributed by atoms with van der Waals surface area (Å²) < 4.78 is 13.5. The molecule has 78 valence electrons. The highest BCUT2D eigenvalue weighted by molar-refractivity contribution is 7.99. The molecule has 1 rings (SSSR count). The molecule has 14 heavy (non-hydrogen) atoms.